The van der Waals surface area contributed by atoms with Crippen LogP contribution in [0.1, 0.15) is 25.1 Å². The van der Waals surface area contributed by atoms with Crippen molar-refractivity contribution in [1.82, 2.24) is 14.9 Å². The minimum Gasteiger partial charge on any atom is -0.349 e. The summed E-state index contributed by atoms with van der Waals surface area (Å²) in [5, 5.41) is 3.00. The first-order valence-electron chi connectivity index (χ1n) is 7.78. The maximum atomic E-state index is 13.4. The highest BCUT2D eigenvalue weighted by molar-refractivity contribution is 7.99. The zero-order chi connectivity index (χ0) is 17.8. The second kappa shape index (κ2) is 7.65. The van der Waals surface area contributed by atoms with Gasteiger partial charge in [0.15, 0.2) is 5.16 Å². The smallest absolute Gasteiger partial charge is 0.321 e. The number of hydrogen-bond acceptors (Lipinski definition) is 3. The summed E-state index contributed by atoms with van der Waals surface area (Å²) in [5.41, 5.74) is 1.84. The molecule has 0 fully saturated rings. The number of imidazole rings is 1. The van der Waals surface area contributed by atoms with Crippen LogP contribution in [0.4, 0.5) is 8.78 Å². The SMILES string of the molecule is CC(NC(=O)CSc1nc2ccccc2n1C(F)F)c1ccccc1. The molecule has 0 saturated heterocycles. The summed E-state index contributed by atoms with van der Waals surface area (Å²) in [7, 11) is 0. The molecule has 25 heavy (non-hydrogen) atoms. The third-order valence-corrected chi connectivity index (χ3v) is 4.72. The number of nitrogens with one attached hydrogen (secondary N) is 1. The molecule has 1 N–H and O–H groups in total. The van der Waals surface area contributed by atoms with Gasteiger partial charge in [0.05, 0.1) is 22.8 Å². The van der Waals surface area contributed by atoms with Gasteiger partial charge in [-0.2, -0.15) is 8.78 Å². The minimum atomic E-state index is -2.71. The molecule has 2 aromatic carbocycles. The van der Waals surface area contributed by atoms with Gasteiger partial charge in [-0.3, -0.25) is 9.36 Å². The molecule has 0 saturated carbocycles. The number of carbonyl (C=O) groups excluding carboxylic acids is 1. The van der Waals surface area contributed by atoms with E-state index >= 15 is 0 Å². The van der Waals surface area contributed by atoms with Crippen molar-refractivity contribution in [3.63, 3.8) is 0 Å². The highest BCUT2D eigenvalue weighted by Crippen LogP contribution is 2.29. The van der Waals surface area contributed by atoms with Crippen LogP contribution < -0.4 is 5.32 Å². The number of thioether (sulfide) groups is 1. The van der Waals surface area contributed by atoms with Crippen molar-refractivity contribution in [2.75, 3.05) is 5.75 Å². The molecule has 3 rings (SSSR count). The summed E-state index contributed by atoms with van der Waals surface area (Å²) in [6, 6.07) is 16.1. The first-order valence-corrected chi connectivity index (χ1v) is 8.77. The molecule has 1 heterocycles. The molecule has 3 aromatic rings. The summed E-state index contributed by atoms with van der Waals surface area (Å²) in [4.78, 5) is 16.3. The second-order valence-electron chi connectivity index (χ2n) is 5.52. The average molecular weight is 361 g/mol. The molecule has 7 heteroatoms. The lowest BCUT2D eigenvalue weighted by molar-refractivity contribution is -0.119. The van der Waals surface area contributed by atoms with Crippen molar-refractivity contribution < 1.29 is 13.6 Å². The third-order valence-electron chi connectivity index (χ3n) is 3.77. The van der Waals surface area contributed by atoms with Crippen molar-refractivity contribution in [1.29, 1.82) is 0 Å². The Morgan fingerprint density at radius 1 is 1.16 bits per heavy atom. The van der Waals surface area contributed by atoms with Crippen LogP contribution in [0.5, 0.6) is 0 Å². The van der Waals surface area contributed by atoms with Crippen LogP contribution >= 0.6 is 11.8 Å². The molecule has 0 spiro atoms. The van der Waals surface area contributed by atoms with E-state index in [0.717, 1.165) is 21.9 Å². The quantitative estimate of drug-likeness (QED) is 0.662. The van der Waals surface area contributed by atoms with Gasteiger partial charge in [-0.05, 0) is 24.6 Å². The molecular formula is C18H17F2N3OS. The Bertz CT molecular complexity index is 867. The lowest BCUT2D eigenvalue weighted by Gasteiger charge is -2.14. The Labute approximate surface area is 148 Å². The minimum absolute atomic E-state index is 0.0210. The van der Waals surface area contributed by atoms with Gasteiger partial charge in [0.1, 0.15) is 0 Å². The number of benzene rings is 2. The number of rotatable bonds is 6. The predicted molar refractivity (Wildman–Crippen MR) is 94.7 cm³/mol. The first-order chi connectivity index (χ1) is 12.1. The normalized spacial score (nSPS) is 12.5. The lowest BCUT2D eigenvalue weighted by Crippen LogP contribution is -2.28. The van der Waals surface area contributed by atoms with E-state index in [9.17, 15) is 13.6 Å². The Kier molecular flexibility index (Phi) is 5.33. The number of nitrogens with zero attached hydrogens (tertiary/aromatic N) is 2. The van der Waals surface area contributed by atoms with Gasteiger partial charge in [-0.25, -0.2) is 4.98 Å². The lowest BCUT2D eigenvalue weighted by atomic mass is 10.1. The Hall–Kier alpha value is -2.41. The molecule has 0 bridgehead atoms. The van der Waals surface area contributed by atoms with Crippen LogP contribution in [-0.4, -0.2) is 21.2 Å². The molecule has 1 aromatic heterocycles. The predicted octanol–water partition coefficient (Wildman–Crippen LogP) is 4.40. The summed E-state index contributed by atoms with van der Waals surface area (Å²) in [6.07, 6.45) is 0. The summed E-state index contributed by atoms with van der Waals surface area (Å²) < 4.78 is 27.6. The van der Waals surface area contributed by atoms with E-state index < -0.39 is 6.55 Å². The topological polar surface area (TPSA) is 46.9 Å². The third kappa shape index (κ3) is 3.99. The molecule has 1 unspecified atom stereocenters. The zero-order valence-electron chi connectivity index (χ0n) is 13.5. The van der Waals surface area contributed by atoms with Gasteiger partial charge >= 0.3 is 6.55 Å². The van der Waals surface area contributed by atoms with E-state index in [0.29, 0.717) is 11.0 Å². The van der Waals surface area contributed by atoms with Crippen LogP contribution in [0, 0.1) is 0 Å². The van der Waals surface area contributed by atoms with Crippen molar-refractivity contribution in [2.24, 2.45) is 0 Å². The van der Waals surface area contributed by atoms with E-state index in [4.69, 9.17) is 0 Å². The number of amides is 1. The summed E-state index contributed by atoms with van der Waals surface area (Å²) >= 11 is 1.01. The summed E-state index contributed by atoms with van der Waals surface area (Å²) in [5.74, 6) is -0.207. The van der Waals surface area contributed by atoms with Gasteiger partial charge in [-0.1, -0.05) is 54.2 Å². The maximum Gasteiger partial charge on any atom is 0.321 e. The fourth-order valence-electron chi connectivity index (χ4n) is 2.55. The fraction of sp³-hybridized carbons (Fsp3) is 0.222. The van der Waals surface area contributed by atoms with Crippen LogP contribution in [0.3, 0.4) is 0 Å². The number of alkyl halides is 2. The molecule has 0 radical (unpaired) electrons. The van der Waals surface area contributed by atoms with Crippen LogP contribution in [-0.2, 0) is 4.79 Å². The van der Waals surface area contributed by atoms with Gasteiger partial charge in [0, 0.05) is 0 Å². The largest absolute Gasteiger partial charge is 0.349 e. The number of aromatic nitrogens is 2. The fourth-order valence-corrected chi connectivity index (χ4v) is 3.37. The van der Waals surface area contributed by atoms with E-state index in [-0.39, 0.29) is 22.9 Å². The van der Waals surface area contributed by atoms with E-state index in [2.05, 4.69) is 10.3 Å². The summed E-state index contributed by atoms with van der Waals surface area (Å²) in [6.45, 7) is -0.826. The standard InChI is InChI=1S/C18H17F2N3OS/c1-12(13-7-3-2-4-8-13)21-16(24)11-25-18-22-14-9-5-6-10-15(14)23(18)17(19)20/h2-10,12,17H,11H2,1H3,(H,21,24). The highest BCUT2D eigenvalue weighted by Gasteiger charge is 2.19. The van der Waals surface area contributed by atoms with E-state index in [1.165, 1.54) is 0 Å². The molecule has 4 nitrogen and oxygen atoms in total. The average Bonchev–Trinajstić information content (AvgIpc) is 2.99. The van der Waals surface area contributed by atoms with E-state index in [1.807, 2.05) is 37.3 Å². The molecule has 1 atom stereocenters. The second-order valence-corrected chi connectivity index (χ2v) is 6.46. The first kappa shape index (κ1) is 17.4. The van der Waals surface area contributed by atoms with Crippen LogP contribution in [0.2, 0.25) is 0 Å². The Morgan fingerprint density at radius 3 is 2.56 bits per heavy atom. The monoisotopic (exact) mass is 361 g/mol. The van der Waals surface area contributed by atoms with Gasteiger partial charge in [0.25, 0.3) is 0 Å². The van der Waals surface area contributed by atoms with Gasteiger partial charge < -0.3 is 5.32 Å². The number of hydrogen-bond donors (Lipinski definition) is 1. The molecule has 0 aliphatic carbocycles. The van der Waals surface area contributed by atoms with Crippen molar-refractivity contribution in [2.45, 2.75) is 24.7 Å². The van der Waals surface area contributed by atoms with Gasteiger partial charge in [-0.15, -0.1) is 0 Å². The molecule has 130 valence electrons. The number of fused-ring (bicyclic) bond motifs is 1. The number of halogens is 2. The number of para-hydroxylation sites is 2. The van der Waals surface area contributed by atoms with Crippen molar-refractivity contribution in [3.8, 4) is 0 Å². The Balaban J connectivity index is 1.68. The van der Waals surface area contributed by atoms with Crippen molar-refractivity contribution >= 4 is 28.7 Å². The molecular weight excluding hydrogens is 344 g/mol. The molecule has 0 aliphatic rings. The van der Waals surface area contributed by atoms with Gasteiger partial charge in [0.2, 0.25) is 5.91 Å². The zero-order valence-corrected chi connectivity index (χ0v) is 14.3. The molecule has 1 amide bonds. The maximum absolute atomic E-state index is 13.4. The number of carbonyl (C=O) groups is 1. The highest BCUT2D eigenvalue weighted by atomic mass is 32.2. The van der Waals surface area contributed by atoms with Crippen LogP contribution in [0.15, 0.2) is 59.8 Å². The van der Waals surface area contributed by atoms with Crippen molar-refractivity contribution in [3.05, 3.63) is 60.2 Å². The molecule has 0 aliphatic heterocycles. The van der Waals surface area contributed by atoms with Crippen LogP contribution in [0.25, 0.3) is 11.0 Å². The van der Waals surface area contributed by atoms with E-state index in [1.54, 1.807) is 24.3 Å². The Morgan fingerprint density at radius 2 is 1.84 bits per heavy atom.